The SMILES string of the molecule is CC/C=C\C/C=C\C/C=C\C/C=C\C/C=C\C/C=C\C/C=C\C/C=C\C/C=C\C/C=C\CCCCC(=O)NC(CO)C(O)/C=C/CCCCCCCC. The van der Waals surface area contributed by atoms with Crippen LogP contribution in [0.3, 0.4) is 0 Å². The number of allylic oxidation sites excluding steroid dienone is 21. The minimum absolute atomic E-state index is 0.118. The summed E-state index contributed by atoms with van der Waals surface area (Å²) >= 11 is 0. The van der Waals surface area contributed by atoms with E-state index in [0.29, 0.717) is 6.42 Å². The number of aliphatic hydroxyl groups excluding tert-OH is 2. The normalized spacial score (nSPS) is 14.4. The van der Waals surface area contributed by atoms with Crippen molar-refractivity contribution in [1.82, 2.24) is 5.32 Å². The molecule has 4 heteroatoms. The number of hydrogen-bond donors (Lipinski definition) is 3. The standard InChI is InChI=1S/C49H77NO3/c1-3-5-7-9-11-13-14-15-16-17-18-19-20-21-22-23-24-25-26-27-28-29-30-31-32-33-34-35-36-37-39-41-43-45-49(53)50-47(46-51)48(52)44-42-40-38-12-10-8-6-4-2/h5,7,11,13,15-16,18-19,21-22,24-25,27-28,30-31,33-34,36-37,42,44,47-48,51-52H,3-4,6,8-10,12,14,17,20,23,26,29,32,35,38-41,43,45-46H2,1-2H3,(H,50,53)/b7-5-,13-11-,16-15-,19-18-,22-21-,25-24-,28-27-,31-30-,34-33-,37-36-,44-42+. The Labute approximate surface area is 326 Å². The van der Waals surface area contributed by atoms with Crippen molar-refractivity contribution in [3.8, 4) is 0 Å². The Morgan fingerprint density at radius 1 is 0.472 bits per heavy atom. The molecule has 296 valence electrons. The molecule has 0 rings (SSSR count). The molecule has 4 nitrogen and oxygen atoms in total. The highest BCUT2D eigenvalue weighted by molar-refractivity contribution is 5.76. The summed E-state index contributed by atoms with van der Waals surface area (Å²) in [5.41, 5.74) is 0. The summed E-state index contributed by atoms with van der Waals surface area (Å²) in [6.45, 7) is 4.10. The van der Waals surface area contributed by atoms with E-state index in [4.69, 9.17) is 0 Å². The van der Waals surface area contributed by atoms with Gasteiger partial charge < -0.3 is 15.5 Å². The molecule has 0 saturated heterocycles. The summed E-state index contributed by atoms with van der Waals surface area (Å²) in [5.74, 6) is -0.118. The van der Waals surface area contributed by atoms with E-state index in [1.54, 1.807) is 6.08 Å². The third kappa shape index (κ3) is 39.6. The molecular weight excluding hydrogens is 651 g/mol. The van der Waals surface area contributed by atoms with Gasteiger partial charge >= 0.3 is 0 Å². The molecule has 0 fully saturated rings. The monoisotopic (exact) mass is 728 g/mol. The van der Waals surface area contributed by atoms with Crippen LogP contribution in [0.2, 0.25) is 0 Å². The molecule has 0 aromatic rings. The molecule has 3 N–H and O–H groups in total. The average Bonchev–Trinajstić information content (AvgIpc) is 3.16. The van der Waals surface area contributed by atoms with E-state index in [2.05, 4.69) is 141 Å². The summed E-state index contributed by atoms with van der Waals surface area (Å²) in [6.07, 6.45) is 68.5. The van der Waals surface area contributed by atoms with Gasteiger partial charge in [-0.2, -0.15) is 0 Å². The number of rotatable bonds is 35. The summed E-state index contributed by atoms with van der Waals surface area (Å²) in [6, 6.07) is -0.652. The molecule has 0 aromatic heterocycles. The number of carbonyl (C=O) groups excluding carboxylic acids is 1. The number of unbranched alkanes of at least 4 members (excludes halogenated alkanes) is 8. The zero-order chi connectivity index (χ0) is 38.6. The van der Waals surface area contributed by atoms with E-state index >= 15 is 0 Å². The van der Waals surface area contributed by atoms with Crippen molar-refractivity contribution in [1.29, 1.82) is 0 Å². The van der Waals surface area contributed by atoms with Crippen molar-refractivity contribution in [2.75, 3.05) is 6.61 Å². The highest BCUT2D eigenvalue weighted by Gasteiger charge is 2.17. The van der Waals surface area contributed by atoms with Gasteiger partial charge in [0.25, 0.3) is 0 Å². The number of hydrogen-bond acceptors (Lipinski definition) is 3. The minimum Gasteiger partial charge on any atom is -0.394 e. The molecule has 0 radical (unpaired) electrons. The second-order valence-corrected chi connectivity index (χ2v) is 13.3. The maximum absolute atomic E-state index is 12.3. The van der Waals surface area contributed by atoms with Crippen molar-refractivity contribution in [2.24, 2.45) is 0 Å². The van der Waals surface area contributed by atoms with Crippen molar-refractivity contribution >= 4 is 5.91 Å². The Morgan fingerprint density at radius 3 is 1.25 bits per heavy atom. The number of amides is 1. The van der Waals surface area contributed by atoms with Crippen LogP contribution in [0.5, 0.6) is 0 Å². The topological polar surface area (TPSA) is 69.6 Å². The Balaban J connectivity index is 3.77. The quantitative estimate of drug-likeness (QED) is 0.0450. The van der Waals surface area contributed by atoms with E-state index in [1.165, 1.54) is 32.1 Å². The van der Waals surface area contributed by atoms with Crippen LogP contribution in [0.15, 0.2) is 134 Å². The third-order valence-corrected chi connectivity index (χ3v) is 8.39. The fraction of sp³-hybridized carbons (Fsp3) is 0.531. The predicted octanol–water partition coefficient (Wildman–Crippen LogP) is 13.2. The second-order valence-electron chi connectivity index (χ2n) is 13.3. The molecule has 0 aliphatic heterocycles. The fourth-order valence-corrected chi connectivity index (χ4v) is 5.20. The minimum atomic E-state index is -0.864. The first-order valence-electron chi connectivity index (χ1n) is 20.9. The molecule has 0 aliphatic carbocycles. The van der Waals surface area contributed by atoms with Crippen LogP contribution in [0.4, 0.5) is 0 Å². The van der Waals surface area contributed by atoms with E-state index in [-0.39, 0.29) is 12.5 Å². The molecule has 53 heavy (non-hydrogen) atoms. The van der Waals surface area contributed by atoms with Gasteiger partial charge in [0, 0.05) is 6.42 Å². The van der Waals surface area contributed by atoms with Crippen LogP contribution in [0.25, 0.3) is 0 Å². The number of carbonyl (C=O) groups is 1. The van der Waals surface area contributed by atoms with Crippen LogP contribution < -0.4 is 5.32 Å². The Kier molecular flexibility index (Phi) is 40.1. The lowest BCUT2D eigenvalue weighted by atomic mass is 10.1. The van der Waals surface area contributed by atoms with Gasteiger partial charge in [-0.15, -0.1) is 0 Å². The first-order chi connectivity index (χ1) is 26.2. The number of aliphatic hydroxyl groups is 2. The predicted molar refractivity (Wildman–Crippen MR) is 234 cm³/mol. The van der Waals surface area contributed by atoms with Gasteiger partial charge in [-0.3, -0.25) is 4.79 Å². The number of nitrogens with one attached hydrogen (secondary N) is 1. The van der Waals surface area contributed by atoms with Crippen molar-refractivity contribution in [3.05, 3.63) is 134 Å². The molecule has 2 unspecified atom stereocenters. The van der Waals surface area contributed by atoms with Gasteiger partial charge in [0.15, 0.2) is 0 Å². The molecule has 2 atom stereocenters. The largest absolute Gasteiger partial charge is 0.394 e. The van der Waals surface area contributed by atoms with Crippen LogP contribution in [0, 0.1) is 0 Å². The molecule has 0 heterocycles. The lowest BCUT2D eigenvalue weighted by Gasteiger charge is -2.19. The van der Waals surface area contributed by atoms with Crippen LogP contribution >= 0.6 is 0 Å². The van der Waals surface area contributed by atoms with E-state index < -0.39 is 12.1 Å². The summed E-state index contributed by atoms with van der Waals surface area (Å²) in [5, 5.41) is 22.7. The van der Waals surface area contributed by atoms with Gasteiger partial charge in [0.05, 0.1) is 18.8 Å². The van der Waals surface area contributed by atoms with Gasteiger partial charge in [-0.05, 0) is 96.3 Å². The highest BCUT2D eigenvalue weighted by atomic mass is 16.3. The molecule has 0 aromatic carbocycles. The second kappa shape index (κ2) is 42.9. The smallest absolute Gasteiger partial charge is 0.220 e. The fourth-order valence-electron chi connectivity index (χ4n) is 5.20. The van der Waals surface area contributed by atoms with E-state index in [0.717, 1.165) is 96.3 Å². The third-order valence-electron chi connectivity index (χ3n) is 8.39. The molecule has 1 amide bonds. The Bertz CT molecular complexity index is 1140. The van der Waals surface area contributed by atoms with E-state index in [1.807, 2.05) is 6.08 Å². The summed E-state index contributed by atoms with van der Waals surface area (Å²) < 4.78 is 0. The zero-order valence-corrected chi connectivity index (χ0v) is 33.7. The van der Waals surface area contributed by atoms with Crippen LogP contribution in [-0.2, 0) is 4.79 Å². The lowest BCUT2D eigenvalue weighted by molar-refractivity contribution is -0.123. The Morgan fingerprint density at radius 2 is 0.830 bits per heavy atom. The maximum atomic E-state index is 12.3. The van der Waals surface area contributed by atoms with Gasteiger partial charge in [0.1, 0.15) is 0 Å². The maximum Gasteiger partial charge on any atom is 0.220 e. The average molecular weight is 728 g/mol. The van der Waals surface area contributed by atoms with Gasteiger partial charge in [-0.1, -0.05) is 180 Å². The lowest BCUT2D eigenvalue weighted by Crippen LogP contribution is -2.45. The summed E-state index contributed by atoms with van der Waals surface area (Å²) in [7, 11) is 0. The molecule has 0 bridgehead atoms. The van der Waals surface area contributed by atoms with Crippen molar-refractivity contribution in [2.45, 2.75) is 161 Å². The Hall–Kier alpha value is -3.47. The van der Waals surface area contributed by atoms with Crippen LogP contribution in [-0.4, -0.2) is 34.9 Å². The van der Waals surface area contributed by atoms with Gasteiger partial charge in [0.2, 0.25) is 5.91 Å². The highest BCUT2D eigenvalue weighted by Crippen LogP contribution is 2.09. The molecule has 0 saturated carbocycles. The molecular formula is C49H77NO3. The first kappa shape index (κ1) is 49.5. The molecule has 0 aliphatic rings. The van der Waals surface area contributed by atoms with E-state index in [9.17, 15) is 15.0 Å². The molecule has 0 spiro atoms. The first-order valence-corrected chi connectivity index (χ1v) is 20.9. The summed E-state index contributed by atoms with van der Waals surface area (Å²) in [4.78, 5) is 12.3. The van der Waals surface area contributed by atoms with Gasteiger partial charge in [-0.25, -0.2) is 0 Å². The van der Waals surface area contributed by atoms with Crippen molar-refractivity contribution < 1.29 is 15.0 Å². The zero-order valence-electron chi connectivity index (χ0n) is 33.7. The van der Waals surface area contributed by atoms with Crippen molar-refractivity contribution in [3.63, 3.8) is 0 Å². The van der Waals surface area contributed by atoms with Crippen LogP contribution in [0.1, 0.15) is 149 Å².